The van der Waals surface area contributed by atoms with Crippen molar-refractivity contribution in [2.75, 3.05) is 7.05 Å². The third-order valence-corrected chi connectivity index (χ3v) is 6.42. The highest BCUT2D eigenvalue weighted by atomic mass is 16.3. The summed E-state index contributed by atoms with van der Waals surface area (Å²) in [7, 11) is 1.63. The summed E-state index contributed by atoms with van der Waals surface area (Å²) in [5.74, 6) is -0.295. The van der Waals surface area contributed by atoms with Crippen molar-refractivity contribution in [2.24, 2.45) is 0 Å². The maximum atomic E-state index is 13.2. The normalized spacial score (nSPS) is 22.0. The highest BCUT2D eigenvalue weighted by Crippen LogP contribution is 2.27. The van der Waals surface area contributed by atoms with Crippen molar-refractivity contribution in [2.45, 2.75) is 70.1 Å². The number of hydrogen-bond acceptors (Lipinski definition) is 5. The van der Waals surface area contributed by atoms with Gasteiger partial charge in [-0.25, -0.2) is 0 Å². The van der Waals surface area contributed by atoms with Gasteiger partial charge in [-0.15, -0.1) is 0 Å². The van der Waals surface area contributed by atoms with Crippen molar-refractivity contribution in [3.05, 3.63) is 41.6 Å². The Morgan fingerprint density at radius 3 is 2.68 bits per heavy atom. The lowest BCUT2D eigenvalue weighted by Gasteiger charge is -2.41. The third-order valence-electron chi connectivity index (χ3n) is 6.42. The fraction of sp³-hybridized carbons (Fsp3) is 0.545. The molecule has 1 atom stereocenters. The fourth-order valence-corrected chi connectivity index (χ4v) is 4.27. The lowest BCUT2D eigenvalue weighted by Crippen LogP contribution is -2.63. The number of carbonyl (C=O) groups excluding carboxylic acids is 3. The van der Waals surface area contributed by atoms with Gasteiger partial charge in [0.15, 0.2) is 5.69 Å². The number of aromatic nitrogens is 2. The van der Waals surface area contributed by atoms with Gasteiger partial charge in [-0.05, 0) is 31.9 Å². The molecule has 166 valence electrons. The van der Waals surface area contributed by atoms with Gasteiger partial charge in [-0.2, -0.15) is 5.10 Å². The molecule has 1 saturated carbocycles. The number of hydrogen-bond donors (Lipinski definition) is 2. The van der Waals surface area contributed by atoms with Gasteiger partial charge in [0, 0.05) is 19.2 Å². The molecular weight excluding hydrogens is 398 g/mol. The first-order valence-corrected chi connectivity index (χ1v) is 10.9. The standard InChI is InChI=1S/C22H29N5O4/c1-22(21(30)24-15-8-5-3-4-6-9-15)14-27-18(20(29)26(22)2)12-17(25-27)19(28)23-13-16-10-7-11-31-16/h7,10-12,15H,3-6,8-9,13-14H2,1-2H3,(H,23,28)(H,24,30). The van der Waals surface area contributed by atoms with Gasteiger partial charge < -0.3 is 20.0 Å². The van der Waals surface area contributed by atoms with Crippen molar-refractivity contribution < 1.29 is 18.8 Å². The zero-order valence-electron chi connectivity index (χ0n) is 18.0. The van der Waals surface area contributed by atoms with Gasteiger partial charge in [0.1, 0.15) is 17.0 Å². The molecule has 2 aromatic rings. The zero-order chi connectivity index (χ0) is 22.0. The number of likely N-dealkylation sites (N-methyl/N-ethyl adjacent to an activating group) is 1. The van der Waals surface area contributed by atoms with Crippen molar-refractivity contribution in [3.63, 3.8) is 0 Å². The molecular formula is C22H29N5O4. The van der Waals surface area contributed by atoms with Crippen LogP contribution in [0.3, 0.4) is 0 Å². The minimum absolute atomic E-state index is 0.136. The average Bonchev–Trinajstić information content (AvgIpc) is 3.35. The summed E-state index contributed by atoms with van der Waals surface area (Å²) in [4.78, 5) is 40.2. The molecule has 3 heterocycles. The second-order valence-corrected chi connectivity index (χ2v) is 8.63. The molecule has 4 rings (SSSR count). The second kappa shape index (κ2) is 8.56. The molecule has 1 aliphatic heterocycles. The summed E-state index contributed by atoms with van der Waals surface area (Å²) in [5.41, 5.74) is -0.647. The molecule has 9 nitrogen and oxygen atoms in total. The first-order chi connectivity index (χ1) is 14.9. The van der Waals surface area contributed by atoms with Gasteiger partial charge in [0.05, 0.1) is 19.4 Å². The first-order valence-electron chi connectivity index (χ1n) is 10.9. The third kappa shape index (κ3) is 4.22. The predicted octanol–water partition coefficient (Wildman–Crippen LogP) is 2.09. The van der Waals surface area contributed by atoms with E-state index in [0.29, 0.717) is 11.5 Å². The Bertz CT molecular complexity index is 959. The van der Waals surface area contributed by atoms with Crippen LogP contribution in [0.2, 0.25) is 0 Å². The Hall–Kier alpha value is -3.10. The molecule has 1 aliphatic carbocycles. The minimum Gasteiger partial charge on any atom is -0.467 e. The van der Waals surface area contributed by atoms with Gasteiger partial charge in [-0.1, -0.05) is 25.7 Å². The van der Waals surface area contributed by atoms with Crippen molar-refractivity contribution in [3.8, 4) is 0 Å². The van der Waals surface area contributed by atoms with E-state index in [9.17, 15) is 14.4 Å². The number of nitrogens with zero attached hydrogens (tertiary/aromatic N) is 3. The second-order valence-electron chi connectivity index (χ2n) is 8.63. The molecule has 0 aromatic carbocycles. The van der Waals surface area contributed by atoms with E-state index in [4.69, 9.17) is 4.42 Å². The number of rotatable bonds is 5. The molecule has 2 aromatic heterocycles. The van der Waals surface area contributed by atoms with Crippen LogP contribution >= 0.6 is 0 Å². The van der Waals surface area contributed by atoms with Crippen LogP contribution in [0.25, 0.3) is 0 Å². The number of carbonyl (C=O) groups is 3. The van der Waals surface area contributed by atoms with Crippen molar-refractivity contribution in [1.29, 1.82) is 0 Å². The molecule has 2 N–H and O–H groups in total. The smallest absolute Gasteiger partial charge is 0.272 e. The van der Waals surface area contributed by atoms with E-state index < -0.39 is 11.4 Å². The van der Waals surface area contributed by atoms with E-state index in [1.165, 1.54) is 34.8 Å². The molecule has 3 amide bonds. The SMILES string of the molecule is CN1C(=O)c2cc(C(=O)NCc3ccco3)nn2CC1(C)C(=O)NC1CCCCCC1. The van der Waals surface area contributed by atoms with Crippen molar-refractivity contribution >= 4 is 17.7 Å². The highest BCUT2D eigenvalue weighted by molar-refractivity contribution is 6.01. The Morgan fingerprint density at radius 1 is 1.26 bits per heavy atom. The van der Waals surface area contributed by atoms with E-state index in [1.54, 1.807) is 26.1 Å². The summed E-state index contributed by atoms with van der Waals surface area (Å²) in [6.45, 7) is 2.16. The van der Waals surface area contributed by atoms with E-state index in [1.807, 2.05) is 0 Å². The topological polar surface area (TPSA) is 109 Å². The van der Waals surface area contributed by atoms with Crippen LogP contribution < -0.4 is 10.6 Å². The summed E-state index contributed by atoms with van der Waals surface area (Å²) in [5, 5.41) is 10.2. The molecule has 0 bridgehead atoms. The van der Waals surface area contributed by atoms with E-state index in [2.05, 4.69) is 15.7 Å². The zero-order valence-corrected chi connectivity index (χ0v) is 18.0. The van der Waals surface area contributed by atoms with Crippen LogP contribution in [0, 0.1) is 0 Å². The number of amides is 3. The Balaban J connectivity index is 1.48. The van der Waals surface area contributed by atoms with Crippen LogP contribution in [-0.4, -0.2) is 51.0 Å². The van der Waals surface area contributed by atoms with Crippen LogP contribution in [0.15, 0.2) is 28.9 Å². The summed E-state index contributed by atoms with van der Waals surface area (Å²) < 4.78 is 6.68. The first kappa shape index (κ1) is 21.1. The predicted molar refractivity (Wildman–Crippen MR) is 112 cm³/mol. The van der Waals surface area contributed by atoms with E-state index >= 15 is 0 Å². The Labute approximate surface area is 181 Å². The van der Waals surface area contributed by atoms with Crippen LogP contribution in [0.1, 0.15) is 72.2 Å². The Morgan fingerprint density at radius 2 is 2.00 bits per heavy atom. The maximum absolute atomic E-state index is 13.2. The van der Waals surface area contributed by atoms with Crippen LogP contribution in [0.5, 0.6) is 0 Å². The number of furan rings is 1. The molecule has 2 aliphatic rings. The summed E-state index contributed by atoms with van der Waals surface area (Å²) in [6, 6.07) is 5.11. The number of fused-ring (bicyclic) bond motifs is 1. The molecule has 1 unspecified atom stereocenters. The summed E-state index contributed by atoms with van der Waals surface area (Å²) >= 11 is 0. The summed E-state index contributed by atoms with van der Waals surface area (Å²) in [6.07, 6.45) is 8.07. The monoisotopic (exact) mass is 427 g/mol. The van der Waals surface area contributed by atoms with Crippen molar-refractivity contribution in [1.82, 2.24) is 25.3 Å². The molecule has 0 spiro atoms. The van der Waals surface area contributed by atoms with E-state index in [0.717, 1.165) is 25.7 Å². The highest BCUT2D eigenvalue weighted by Gasteiger charge is 2.46. The average molecular weight is 428 g/mol. The quantitative estimate of drug-likeness (QED) is 0.710. The molecule has 31 heavy (non-hydrogen) atoms. The molecule has 0 saturated heterocycles. The van der Waals surface area contributed by atoms with Gasteiger partial charge in [0.2, 0.25) is 5.91 Å². The molecule has 9 heteroatoms. The van der Waals surface area contributed by atoms with Gasteiger partial charge in [-0.3, -0.25) is 19.1 Å². The largest absolute Gasteiger partial charge is 0.467 e. The molecule has 0 radical (unpaired) electrons. The molecule has 1 fully saturated rings. The minimum atomic E-state index is -1.08. The maximum Gasteiger partial charge on any atom is 0.272 e. The van der Waals surface area contributed by atoms with Crippen LogP contribution in [-0.2, 0) is 17.9 Å². The van der Waals surface area contributed by atoms with Gasteiger partial charge >= 0.3 is 0 Å². The van der Waals surface area contributed by atoms with Crippen LogP contribution in [0.4, 0.5) is 0 Å². The number of nitrogens with one attached hydrogen (secondary N) is 2. The van der Waals surface area contributed by atoms with Gasteiger partial charge in [0.25, 0.3) is 11.8 Å². The fourth-order valence-electron chi connectivity index (χ4n) is 4.27. The Kier molecular flexibility index (Phi) is 5.84. The van der Waals surface area contributed by atoms with E-state index in [-0.39, 0.29) is 36.6 Å². The lowest BCUT2D eigenvalue weighted by atomic mass is 9.95. The lowest BCUT2D eigenvalue weighted by molar-refractivity contribution is -0.133.